The summed E-state index contributed by atoms with van der Waals surface area (Å²) in [6.45, 7) is 7.28. The minimum absolute atomic E-state index is 0.128. The lowest BCUT2D eigenvalue weighted by Gasteiger charge is -2.29. The van der Waals surface area contributed by atoms with Gasteiger partial charge in [-0.15, -0.1) is 0 Å². The first-order chi connectivity index (χ1) is 15.6. The highest BCUT2D eigenvalue weighted by molar-refractivity contribution is 5.88. The number of anilines is 1. The number of benzene rings is 2. The van der Waals surface area contributed by atoms with Crippen LogP contribution < -0.4 is 15.2 Å². The molecule has 0 saturated carbocycles. The van der Waals surface area contributed by atoms with Crippen molar-refractivity contribution in [1.82, 2.24) is 14.3 Å². The molecule has 164 valence electrons. The fraction of sp³-hybridized carbons (Fsp3) is 0.280. The maximum Gasteiger partial charge on any atom is 0.281 e. The molecule has 3 heterocycles. The molecule has 5 rings (SSSR count). The second-order valence-corrected chi connectivity index (χ2v) is 7.97. The average Bonchev–Trinajstić information content (AvgIpc) is 3.10. The van der Waals surface area contributed by atoms with Crippen molar-refractivity contribution in [3.8, 4) is 17.1 Å². The third-order valence-electron chi connectivity index (χ3n) is 6.18. The lowest BCUT2D eigenvalue weighted by molar-refractivity contribution is 0.122. The molecule has 0 bridgehead atoms. The van der Waals surface area contributed by atoms with Gasteiger partial charge in [-0.2, -0.15) is 9.78 Å². The van der Waals surface area contributed by atoms with Crippen molar-refractivity contribution in [2.24, 2.45) is 0 Å². The Morgan fingerprint density at radius 2 is 1.66 bits per heavy atom. The van der Waals surface area contributed by atoms with Gasteiger partial charge in [0.1, 0.15) is 5.75 Å². The van der Waals surface area contributed by atoms with Gasteiger partial charge in [0.2, 0.25) is 0 Å². The molecule has 0 unspecified atom stereocenters. The van der Waals surface area contributed by atoms with Crippen molar-refractivity contribution in [3.05, 3.63) is 76.5 Å². The van der Waals surface area contributed by atoms with Crippen LogP contribution in [0.15, 0.2) is 59.5 Å². The zero-order chi connectivity index (χ0) is 22.2. The van der Waals surface area contributed by atoms with Crippen molar-refractivity contribution in [3.63, 3.8) is 0 Å². The molecule has 1 fully saturated rings. The summed E-state index contributed by atoms with van der Waals surface area (Å²) in [4.78, 5) is 15.8. The highest BCUT2D eigenvalue weighted by atomic mass is 16.5. The second kappa shape index (κ2) is 8.16. The largest absolute Gasteiger partial charge is 0.497 e. The Morgan fingerprint density at radius 1 is 0.938 bits per heavy atom. The number of aryl methyl sites for hydroxylation is 2. The quantitative estimate of drug-likeness (QED) is 0.495. The first-order valence-electron chi connectivity index (χ1n) is 10.8. The number of nitrogens with zero attached hydrogens (tertiary/aromatic N) is 4. The molecule has 2 aromatic heterocycles. The molecule has 2 aromatic carbocycles. The van der Waals surface area contributed by atoms with Crippen molar-refractivity contribution in [2.45, 2.75) is 13.8 Å². The summed E-state index contributed by atoms with van der Waals surface area (Å²) < 4.78 is 14.3. The second-order valence-electron chi connectivity index (χ2n) is 7.97. The zero-order valence-corrected chi connectivity index (χ0v) is 18.5. The minimum Gasteiger partial charge on any atom is -0.497 e. The Kier molecular flexibility index (Phi) is 5.19. The third kappa shape index (κ3) is 3.35. The van der Waals surface area contributed by atoms with Crippen LogP contribution in [0.3, 0.4) is 0 Å². The Bertz CT molecular complexity index is 1330. The molecular weight excluding hydrogens is 404 g/mol. The highest BCUT2D eigenvalue weighted by Gasteiger charge is 2.19. The summed E-state index contributed by atoms with van der Waals surface area (Å²) in [7, 11) is 1.62. The molecule has 7 heteroatoms. The lowest BCUT2D eigenvalue weighted by Crippen LogP contribution is -2.36. The van der Waals surface area contributed by atoms with E-state index in [4.69, 9.17) is 9.47 Å². The van der Waals surface area contributed by atoms with Crippen LogP contribution >= 0.6 is 0 Å². The van der Waals surface area contributed by atoms with Crippen molar-refractivity contribution in [1.29, 1.82) is 0 Å². The van der Waals surface area contributed by atoms with E-state index in [0.717, 1.165) is 60.2 Å². The van der Waals surface area contributed by atoms with Gasteiger partial charge in [-0.05, 0) is 56.3 Å². The topological polar surface area (TPSA) is 61.5 Å². The molecule has 1 saturated heterocycles. The summed E-state index contributed by atoms with van der Waals surface area (Å²) in [5, 5.41) is 6.01. The molecule has 32 heavy (non-hydrogen) atoms. The van der Waals surface area contributed by atoms with Crippen LogP contribution in [0, 0.1) is 13.8 Å². The van der Waals surface area contributed by atoms with Crippen LogP contribution in [-0.2, 0) is 4.74 Å². The number of ether oxygens (including phenoxy) is 2. The molecule has 0 atom stereocenters. The van der Waals surface area contributed by atoms with Gasteiger partial charge in [0.05, 0.1) is 37.6 Å². The van der Waals surface area contributed by atoms with Gasteiger partial charge in [-0.3, -0.25) is 4.79 Å². The number of morpholine rings is 1. The standard InChI is InChI=1S/C25H26N4O3/c1-17-23-16-26-29(19-7-9-22(31-3)10-8-19)25(30)24(23)18(2)28(17)21-6-4-5-20(15-21)27-11-13-32-14-12-27/h4-10,15-16H,11-14H2,1-3H3. The van der Waals surface area contributed by atoms with E-state index in [1.807, 2.05) is 38.1 Å². The number of hydrogen-bond acceptors (Lipinski definition) is 5. The molecule has 7 nitrogen and oxygen atoms in total. The van der Waals surface area contributed by atoms with Crippen LogP contribution in [0.2, 0.25) is 0 Å². The molecular formula is C25H26N4O3. The number of rotatable bonds is 4. The molecule has 0 amide bonds. The summed E-state index contributed by atoms with van der Waals surface area (Å²) in [6.07, 6.45) is 1.78. The van der Waals surface area contributed by atoms with Crippen LogP contribution in [0.4, 0.5) is 5.69 Å². The van der Waals surface area contributed by atoms with E-state index in [0.29, 0.717) is 11.1 Å². The first kappa shape index (κ1) is 20.3. The lowest BCUT2D eigenvalue weighted by atomic mass is 10.2. The van der Waals surface area contributed by atoms with Gasteiger partial charge in [-0.1, -0.05) is 6.07 Å². The third-order valence-corrected chi connectivity index (χ3v) is 6.18. The fourth-order valence-corrected chi connectivity index (χ4v) is 4.51. The van der Waals surface area contributed by atoms with Gasteiger partial charge in [-0.25, -0.2) is 0 Å². The number of hydrogen-bond donors (Lipinski definition) is 0. The summed E-state index contributed by atoms with van der Waals surface area (Å²) in [6, 6.07) is 15.8. The highest BCUT2D eigenvalue weighted by Crippen LogP contribution is 2.28. The molecule has 0 N–H and O–H groups in total. The molecule has 4 aromatic rings. The van der Waals surface area contributed by atoms with E-state index in [1.165, 1.54) is 4.68 Å². The van der Waals surface area contributed by atoms with E-state index in [9.17, 15) is 4.79 Å². The van der Waals surface area contributed by atoms with Gasteiger partial charge < -0.3 is 18.9 Å². The molecule has 0 aliphatic carbocycles. The van der Waals surface area contributed by atoms with Crippen molar-refractivity contribution in [2.75, 3.05) is 38.3 Å². The van der Waals surface area contributed by atoms with Gasteiger partial charge in [0.15, 0.2) is 0 Å². The van der Waals surface area contributed by atoms with E-state index < -0.39 is 0 Å². The van der Waals surface area contributed by atoms with E-state index in [2.05, 4.69) is 38.8 Å². The van der Waals surface area contributed by atoms with Gasteiger partial charge in [0, 0.05) is 41.2 Å². The van der Waals surface area contributed by atoms with E-state index in [1.54, 1.807) is 13.3 Å². The summed E-state index contributed by atoms with van der Waals surface area (Å²) in [5.74, 6) is 0.737. The van der Waals surface area contributed by atoms with E-state index >= 15 is 0 Å². The first-order valence-corrected chi connectivity index (χ1v) is 10.8. The molecule has 1 aliphatic rings. The smallest absolute Gasteiger partial charge is 0.281 e. The number of aromatic nitrogens is 3. The van der Waals surface area contributed by atoms with Crippen molar-refractivity contribution >= 4 is 16.5 Å². The summed E-state index contributed by atoms with van der Waals surface area (Å²) >= 11 is 0. The predicted octanol–water partition coefficient (Wildman–Crippen LogP) is 3.64. The van der Waals surface area contributed by atoms with Crippen LogP contribution in [-0.4, -0.2) is 47.8 Å². The normalized spacial score (nSPS) is 14.2. The number of fused-ring (bicyclic) bond motifs is 1. The fourth-order valence-electron chi connectivity index (χ4n) is 4.51. The van der Waals surface area contributed by atoms with Crippen LogP contribution in [0.1, 0.15) is 11.4 Å². The van der Waals surface area contributed by atoms with Crippen LogP contribution in [0.5, 0.6) is 5.75 Å². The molecule has 0 spiro atoms. The Balaban J connectivity index is 1.62. The van der Waals surface area contributed by atoms with Crippen LogP contribution in [0.25, 0.3) is 22.1 Å². The van der Waals surface area contributed by atoms with Crippen molar-refractivity contribution < 1.29 is 9.47 Å². The SMILES string of the molecule is COc1ccc(-n2ncc3c(C)n(-c4cccc(N5CCOCC5)c4)c(C)c3c2=O)cc1. The average molecular weight is 431 g/mol. The monoisotopic (exact) mass is 430 g/mol. The Hall–Kier alpha value is -3.58. The molecule has 0 radical (unpaired) electrons. The zero-order valence-electron chi connectivity index (χ0n) is 18.5. The molecule has 1 aliphatic heterocycles. The summed E-state index contributed by atoms with van der Waals surface area (Å²) in [5.41, 5.74) is 4.69. The number of methoxy groups -OCH3 is 1. The van der Waals surface area contributed by atoms with Gasteiger partial charge in [0.25, 0.3) is 5.56 Å². The maximum atomic E-state index is 13.4. The Labute approximate surface area is 186 Å². The minimum atomic E-state index is -0.128. The Morgan fingerprint density at radius 3 is 2.38 bits per heavy atom. The predicted molar refractivity (Wildman–Crippen MR) is 126 cm³/mol. The van der Waals surface area contributed by atoms with Gasteiger partial charge >= 0.3 is 0 Å². The maximum absolute atomic E-state index is 13.4. The van der Waals surface area contributed by atoms with E-state index in [-0.39, 0.29) is 5.56 Å².